The monoisotopic (exact) mass is 336 g/mol. The molecule has 0 aliphatic rings. The number of carbonyl (C=O) groups excluding carboxylic acids is 1. The second-order valence-electron chi connectivity index (χ2n) is 7.03. The number of benzene rings is 1. The van der Waals surface area contributed by atoms with Gasteiger partial charge in [0, 0.05) is 6.92 Å². The van der Waals surface area contributed by atoms with E-state index in [2.05, 4.69) is 40.4 Å². The molecule has 1 atom stereocenters. The first-order chi connectivity index (χ1) is 10.5. The van der Waals surface area contributed by atoms with Gasteiger partial charge in [0.15, 0.2) is 8.32 Å². The van der Waals surface area contributed by atoms with Crippen LogP contribution in [-0.2, 0) is 9.22 Å². The molecular formula is C18H28O4Si. The number of esters is 1. The van der Waals surface area contributed by atoms with E-state index in [9.17, 15) is 4.79 Å². The van der Waals surface area contributed by atoms with Crippen molar-refractivity contribution in [2.75, 3.05) is 6.61 Å². The smallest absolute Gasteiger partial charge is 0.308 e. The van der Waals surface area contributed by atoms with Crippen molar-refractivity contribution in [3.8, 4) is 11.5 Å². The Morgan fingerprint density at radius 3 is 2.17 bits per heavy atom. The van der Waals surface area contributed by atoms with E-state index in [4.69, 9.17) is 13.9 Å². The molecule has 1 rings (SSSR count). The summed E-state index contributed by atoms with van der Waals surface area (Å²) in [5, 5.41) is 0.157. The molecule has 0 amide bonds. The molecule has 0 bridgehead atoms. The maximum Gasteiger partial charge on any atom is 0.308 e. The molecule has 0 saturated heterocycles. The van der Waals surface area contributed by atoms with Crippen molar-refractivity contribution in [3.05, 3.63) is 36.9 Å². The van der Waals surface area contributed by atoms with E-state index in [1.165, 1.54) is 6.92 Å². The van der Waals surface area contributed by atoms with Crippen molar-refractivity contribution >= 4 is 14.3 Å². The standard InChI is InChI=1S/C18H28O4Si/c1-8-15(13-20-23(6,7)18(3,4)5)22-17-11-9-16(10-12-17)21-14(2)19/h8-12,15H,1,13H2,2-7H3. The maximum absolute atomic E-state index is 10.9. The minimum absolute atomic E-state index is 0.157. The molecule has 5 heteroatoms. The second kappa shape index (κ2) is 7.79. The highest BCUT2D eigenvalue weighted by atomic mass is 28.4. The average Bonchev–Trinajstić information content (AvgIpc) is 2.43. The highest BCUT2D eigenvalue weighted by molar-refractivity contribution is 6.74. The van der Waals surface area contributed by atoms with Gasteiger partial charge in [-0.2, -0.15) is 0 Å². The van der Waals surface area contributed by atoms with Crippen molar-refractivity contribution in [3.63, 3.8) is 0 Å². The lowest BCUT2D eigenvalue weighted by molar-refractivity contribution is -0.131. The summed E-state index contributed by atoms with van der Waals surface area (Å²) in [5.74, 6) is 0.840. The van der Waals surface area contributed by atoms with Gasteiger partial charge in [-0.3, -0.25) is 4.79 Å². The summed E-state index contributed by atoms with van der Waals surface area (Å²) in [6.07, 6.45) is 1.52. The molecule has 0 heterocycles. The molecule has 1 aromatic rings. The Bertz CT molecular complexity index is 529. The van der Waals surface area contributed by atoms with Crippen molar-refractivity contribution in [1.82, 2.24) is 0 Å². The van der Waals surface area contributed by atoms with E-state index in [-0.39, 0.29) is 17.1 Å². The average molecular weight is 337 g/mol. The Hall–Kier alpha value is -1.59. The number of hydrogen-bond donors (Lipinski definition) is 0. The Kier molecular flexibility index (Phi) is 6.59. The predicted octanol–water partition coefficient (Wildman–Crippen LogP) is 4.57. The second-order valence-corrected chi connectivity index (χ2v) is 11.8. The van der Waals surface area contributed by atoms with Crippen LogP contribution in [0.15, 0.2) is 36.9 Å². The summed E-state index contributed by atoms with van der Waals surface area (Å²) in [4.78, 5) is 10.9. The van der Waals surface area contributed by atoms with Crippen LogP contribution >= 0.6 is 0 Å². The third-order valence-corrected chi connectivity index (χ3v) is 8.55. The molecule has 23 heavy (non-hydrogen) atoms. The molecule has 4 nitrogen and oxygen atoms in total. The van der Waals surface area contributed by atoms with Crippen molar-refractivity contribution in [2.24, 2.45) is 0 Å². The fraction of sp³-hybridized carbons (Fsp3) is 0.500. The van der Waals surface area contributed by atoms with Gasteiger partial charge < -0.3 is 13.9 Å². The van der Waals surface area contributed by atoms with Crippen molar-refractivity contribution < 1.29 is 18.7 Å². The van der Waals surface area contributed by atoms with Crippen molar-refractivity contribution in [1.29, 1.82) is 0 Å². The zero-order valence-electron chi connectivity index (χ0n) is 15.0. The molecule has 0 radical (unpaired) electrons. The first-order valence-electron chi connectivity index (χ1n) is 7.77. The Balaban J connectivity index is 2.63. The molecule has 1 unspecified atom stereocenters. The quantitative estimate of drug-likeness (QED) is 0.317. The van der Waals surface area contributed by atoms with Crippen LogP contribution < -0.4 is 9.47 Å². The Morgan fingerprint density at radius 2 is 1.74 bits per heavy atom. The van der Waals surface area contributed by atoms with Gasteiger partial charge in [-0.05, 0) is 48.5 Å². The molecule has 0 fully saturated rings. The summed E-state index contributed by atoms with van der Waals surface area (Å²) < 4.78 is 17.0. The van der Waals surface area contributed by atoms with Crippen molar-refractivity contribution in [2.45, 2.75) is 51.9 Å². The third-order valence-electron chi connectivity index (χ3n) is 4.05. The fourth-order valence-corrected chi connectivity index (χ4v) is 2.60. The minimum atomic E-state index is -1.81. The molecule has 128 valence electrons. The number of rotatable bonds is 7. The van der Waals surface area contributed by atoms with Gasteiger partial charge in [0.05, 0.1) is 6.61 Å². The van der Waals surface area contributed by atoms with Gasteiger partial charge >= 0.3 is 5.97 Å². The Labute approximate surface area is 140 Å². The molecule has 0 saturated carbocycles. The van der Waals surface area contributed by atoms with Crippen LogP contribution in [0.1, 0.15) is 27.7 Å². The third kappa shape index (κ3) is 6.20. The number of carbonyl (C=O) groups is 1. The summed E-state index contributed by atoms with van der Waals surface area (Å²) in [7, 11) is -1.81. The van der Waals surface area contributed by atoms with Crippen LogP contribution in [0.5, 0.6) is 11.5 Å². The van der Waals surface area contributed by atoms with E-state index in [0.717, 1.165) is 0 Å². The molecule has 0 N–H and O–H groups in total. The molecule has 0 aliphatic carbocycles. The lowest BCUT2D eigenvalue weighted by atomic mass is 10.2. The van der Waals surface area contributed by atoms with E-state index in [1.807, 2.05) is 0 Å². The highest BCUT2D eigenvalue weighted by Gasteiger charge is 2.37. The normalized spacial score (nSPS) is 13.3. The summed E-state index contributed by atoms with van der Waals surface area (Å²) in [6.45, 7) is 16.7. The maximum atomic E-state index is 10.9. The molecule has 0 aliphatic heterocycles. The van der Waals surface area contributed by atoms with Crippen LogP contribution in [0, 0.1) is 0 Å². The van der Waals surface area contributed by atoms with Crippen LogP contribution in [0.25, 0.3) is 0 Å². The molecule has 0 aromatic heterocycles. The first-order valence-corrected chi connectivity index (χ1v) is 10.7. The topological polar surface area (TPSA) is 44.8 Å². The predicted molar refractivity (Wildman–Crippen MR) is 95.5 cm³/mol. The lowest BCUT2D eigenvalue weighted by Gasteiger charge is -2.37. The van der Waals surface area contributed by atoms with Gasteiger partial charge in [0.1, 0.15) is 17.6 Å². The zero-order valence-corrected chi connectivity index (χ0v) is 16.0. The number of ether oxygens (including phenoxy) is 2. The fourth-order valence-electron chi connectivity index (χ4n) is 1.58. The molecule has 0 spiro atoms. The van der Waals surface area contributed by atoms with Gasteiger partial charge in [-0.25, -0.2) is 0 Å². The largest absolute Gasteiger partial charge is 0.484 e. The van der Waals surface area contributed by atoms with E-state index < -0.39 is 8.32 Å². The van der Waals surface area contributed by atoms with Gasteiger partial charge in [-0.1, -0.05) is 27.4 Å². The van der Waals surface area contributed by atoms with Crippen LogP contribution in [0.3, 0.4) is 0 Å². The summed E-state index contributed by atoms with van der Waals surface area (Å²) >= 11 is 0. The van der Waals surface area contributed by atoms with Crippen LogP contribution in [0.4, 0.5) is 0 Å². The summed E-state index contributed by atoms with van der Waals surface area (Å²) in [5.41, 5.74) is 0. The zero-order chi connectivity index (χ0) is 17.7. The SMILES string of the molecule is C=CC(CO[Si](C)(C)C(C)(C)C)Oc1ccc(OC(C)=O)cc1. The van der Waals surface area contributed by atoms with E-state index >= 15 is 0 Å². The number of hydrogen-bond acceptors (Lipinski definition) is 4. The van der Waals surface area contributed by atoms with E-state index in [1.54, 1.807) is 30.3 Å². The highest BCUT2D eigenvalue weighted by Crippen LogP contribution is 2.36. The summed E-state index contributed by atoms with van der Waals surface area (Å²) in [6, 6.07) is 6.93. The van der Waals surface area contributed by atoms with Crippen LogP contribution in [-0.4, -0.2) is 27.0 Å². The molecular weight excluding hydrogens is 308 g/mol. The van der Waals surface area contributed by atoms with Gasteiger partial charge in [0.25, 0.3) is 0 Å². The van der Waals surface area contributed by atoms with Gasteiger partial charge in [-0.15, -0.1) is 0 Å². The first kappa shape index (κ1) is 19.5. The van der Waals surface area contributed by atoms with E-state index in [0.29, 0.717) is 18.1 Å². The minimum Gasteiger partial charge on any atom is -0.484 e. The molecule has 1 aromatic carbocycles. The Morgan fingerprint density at radius 1 is 1.22 bits per heavy atom. The van der Waals surface area contributed by atoms with Gasteiger partial charge in [0.2, 0.25) is 0 Å². The van der Waals surface area contributed by atoms with Crippen LogP contribution in [0.2, 0.25) is 18.1 Å². The lowest BCUT2D eigenvalue weighted by Crippen LogP contribution is -2.43.